The molecule has 6 nitrogen and oxygen atoms in total. The van der Waals surface area contributed by atoms with Crippen LogP contribution in [0.5, 0.6) is 0 Å². The Morgan fingerprint density at radius 3 is 0.700 bits per heavy atom. The van der Waals surface area contributed by atoms with Gasteiger partial charge in [0, 0.05) is 0 Å². The molecule has 0 rings (SSSR count). The Morgan fingerprint density at radius 2 is 0.700 bits per heavy atom. The molecule has 0 aliphatic heterocycles. The van der Waals surface area contributed by atoms with Gasteiger partial charge in [0.2, 0.25) is 0 Å². The fraction of sp³-hybridized carbons (Fsp3) is 0. The van der Waals surface area contributed by atoms with Crippen LogP contribution < -0.4 is 14.7 Å². The number of rotatable bonds is 0. The molecule has 10 heavy (non-hydrogen) atoms. The molecule has 55 valence electrons. The smallest absolute Gasteiger partial charge is 0.772 e. The summed E-state index contributed by atoms with van der Waals surface area (Å²) in [5, 5.41) is 0. The van der Waals surface area contributed by atoms with E-state index in [1.54, 1.807) is 0 Å². The van der Waals surface area contributed by atoms with Crippen LogP contribution in [0, 0.1) is 40.8 Å². The molecule has 0 aromatic heterocycles. The van der Waals surface area contributed by atoms with Crippen molar-refractivity contribution in [2.45, 2.75) is 0 Å². The molecule has 0 N–H and O–H groups in total. The first-order valence-corrected chi connectivity index (χ1v) is 3.29. The Bertz CT molecular complexity index is 49.7. The predicted octanol–water partition coefficient (Wildman–Crippen LogP) is -1.34. The second kappa shape index (κ2) is 46.6. The average Bonchev–Trinajstić information content (AvgIpc) is 1.70. The van der Waals surface area contributed by atoms with Crippen LogP contribution in [-0.4, -0.2) is 0 Å². The van der Waals surface area contributed by atoms with E-state index in [-0.39, 0.29) is 40.8 Å². The van der Waals surface area contributed by atoms with Gasteiger partial charge in [-0.3, -0.25) is 13.7 Å². The minimum Gasteiger partial charge on any atom is -0.772 e. The molecule has 0 aliphatic rings. The topological polar surface area (TPSA) is 120 Å². The summed E-state index contributed by atoms with van der Waals surface area (Å²) in [6.45, 7) is 0. The fourth-order valence-electron chi connectivity index (χ4n) is 0. The second-order valence-corrected chi connectivity index (χ2v) is 0.671. The Kier molecular flexibility index (Phi) is 105. The summed E-state index contributed by atoms with van der Waals surface area (Å²) >= 11 is 0. The van der Waals surface area contributed by atoms with Crippen molar-refractivity contribution in [2.24, 2.45) is 0 Å². The van der Waals surface area contributed by atoms with Crippen LogP contribution in [0.2, 0.25) is 0 Å². The summed E-state index contributed by atoms with van der Waals surface area (Å²) in [7, 11) is -3.25. The third-order valence-electron chi connectivity index (χ3n) is 0. The summed E-state index contributed by atoms with van der Waals surface area (Å²) < 4.78 is 25.0. The molecule has 0 bridgehead atoms. The van der Waals surface area contributed by atoms with E-state index < -0.39 is 26.1 Å². The van der Waals surface area contributed by atoms with Gasteiger partial charge in [-0.05, 0) is 0 Å². The largest absolute Gasteiger partial charge is 3.00 e. The molecule has 0 saturated heterocycles. The molecule has 0 atom stereocenters. The quantitative estimate of drug-likeness (QED) is 0.506. The summed E-state index contributed by atoms with van der Waals surface area (Å²) in [6.07, 6.45) is 0. The third kappa shape index (κ3) is 296. The van der Waals surface area contributed by atoms with E-state index in [0.717, 1.165) is 0 Å². The van der Waals surface area contributed by atoms with Crippen LogP contribution in [0.15, 0.2) is 0 Å². The zero-order valence-corrected chi connectivity index (χ0v) is 10.2. The van der Waals surface area contributed by atoms with Crippen molar-refractivity contribution < 1.29 is 69.2 Å². The molecule has 0 fully saturated rings. The van der Waals surface area contributed by atoms with Crippen molar-refractivity contribution >= 4 is 26.1 Å². The van der Waals surface area contributed by atoms with Crippen molar-refractivity contribution in [3.8, 4) is 0 Å². The Morgan fingerprint density at radius 1 is 0.700 bits per heavy atom. The molecule has 0 aromatic rings. The maximum absolute atomic E-state index is 8.35. The van der Waals surface area contributed by atoms with Gasteiger partial charge in [0.15, 0.2) is 0 Å². The zero-order chi connectivity index (χ0) is 8.12. The monoisotopic (exact) mass is 331 g/mol. The third-order valence-corrected chi connectivity index (χ3v) is 0. The summed E-state index contributed by atoms with van der Waals surface area (Å²) in [5.41, 5.74) is 0. The molecule has 0 heterocycles. The standard InChI is InChI=1S/Nd.3HO2P/c;3*1-3-2/h;3*(H,1,2)/q+3;;;/p-3. The van der Waals surface area contributed by atoms with Gasteiger partial charge >= 0.3 is 40.8 Å². The van der Waals surface area contributed by atoms with Crippen molar-refractivity contribution in [1.29, 1.82) is 0 Å². The molecule has 0 aromatic carbocycles. The van der Waals surface area contributed by atoms with Gasteiger partial charge in [0.05, 0.1) is 26.1 Å². The van der Waals surface area contributed by atoms with E-state index in [4.69, 9.17) is 28.4 Å². The SMILES string of the molecule is O=P[O-].O=P[O-].O=P[O-].[Nd+3]. The molecule has 0 saturated carbocycles. The van der Waals surface area contributed by atoms with Crippen molar-refractivity contribution in [1.82, 2.24) is 0 Å². The molecular formula is NdO6P3. The fourth-order valence-corrected chi connectivity index (χ4v) is 0. The summed E-state index contributed by atoms with van der Waals surface area (Å²) in [6, 6.07) is 0. The molecule has 0 amide bonds. The van der Waals surface area contributed by atoms with Gasteiger partial charge < -0.3 is 14.7 Å². The van der Waals surface area contributed by atoms with E-state index in [1.807, 2.05) is 0 Å². The summed E-state index contributed by atoms with van der Waals surface area (Å²) in [4.78, 5) is 25.0. The summed E-state index contributed by atoms with van der Waals surface area (Å²) in [5.74, 6) is 0. The maximum atomic E-state index is 8.35. The van der Waals surface area contributed by atoms with Crippen molar-refractivity contribution in [3.63, 3.8) is 0 Å². The van der Waals surface area contributed by atoms with Crippen LogP contribution >= 0.6 is 26.1 Å². The molecule has 0 unspecified atom stereocenters. The van der Waals surface area contributed by atoms with Crippen molar-refractivity contribution in [2.75, 3.05) is 0 Å². The van der Waals surface area contributed by atoms with E-state index >= 15 is 0 Å². The second-order valence-electron chi connectivity index (χ2n) is 0.224. The average molecular weight is 333 g/mol. The molecule has 0 spiro atoms. The van der Waals surface area contributed by atoms with Gasteiger partial charge in [-0.25, -0.2) is 0 Å². The number of hydrogen-bond acceptors (Lipinski definition) is 6. The number of hydrogen-bond donors (Lipinski definition) is 0. The first-order chi connectivity index (χ1) is 4.24. The normalized spacial score (nSPS) is 6.30. The van der Waals surface area contributed by atoms with Gasteiger partial charge in [0.25, 0.3) is 0 Å². The molecule has 10 heteroatoms. The van der Waals surface area contributed by atoms with E-state index in [1.165, 1.54) is 0 Å². The van der Waals surface area contributed by atoms with Crippen LogP contribution in [0.25, 0.3) is 0 Å². The zero-order valence-electron chi connectivity index (χ0n) is 4.29. The minimum atomic E-state index is -1.08. The Hall–Kier alpha value is 1.53. The first-order valence-electron chi connectivity index (χ1n) is 1.10. The van der Waals surface area contributed by atoms with Gasteiger partial charge in [-0.2, -0.15) is 0 Å². The van der Waals surface area contributed by atoms with Gasteiger partial charge in [-0.15, -0.1) is 0 Å². The van der Waals surface area contributed by atoms with E-state index in [9.17, 15) is 0 Å². The van der Waals surface area contributed by atoms with Crippen molar-refractivity contribution in [3.05, 3.63) is 0 Å². The molecule has 0 aliphatic carbocycles. The van der Waals surface area contributed by atoms with Gasteiger partial charge in [-0.1, -0.05) is 0 Å². The first kappa shape index (κ1) is 22.5. The Labute approximate surface area is 94.4 Å². The minimum absolute atomic E-state index is 0. The van der Waals surface area contributed by atoms with Gasteiger partial charge in [0.1, 0.15) is 0 Å². The van der Waals surface area contributed by atoms with Crippen LogP contribution in [0.1, 0.15) is 0 Å². The molecular weight excluding hydrogens is 333 g/mol. The van der Waals surface area contributed by atoms with Crippen LogP contribution in [-0.2, 0) is 13.7 Å². The Balaban J connectivity index is -0.0000000257. The maximum Gasteiger partial charge on any atom is 3.00 e. The molecule has 1 radical (unpaired) electrons. The predicted molar refractivity (Wildman–Crippen MR) is 22.8 cm³/mol. The van der Waals surface area contributed by atoms with Crippen LogP contribution in [0.4, 0.5) is 0 Å². The van der Waals surface area contributed by atoms with E-state index in [0.29, 0.717) is 0 Å². The van der Waals surface area contributed by atoms with Crippen LogP contribution in [0.3, 0.4) is 0 Å². The van der Waals surface area contributed by atoms with E-state index in [2.05, 4.69) is 0 Å².